The molecule has 1 N–H and O–H groups in total. The first-order valence-electron chi connectivity index (χ1n) is 6.93. The zero-order valence-electron chi connectivity index (χ0n) is 12.0. The van der Waals surface area contributed by atoms with Crippen molar-refractivity contribution in [3.8, 4) is 0 Å². The quantitative estimate of drug-likeness (QED) is 0.834. The summed E-state index contributed by atoms with van der Waals surface area (Å²) in [5.41, 5.74) is 0.764. The zero-order chi connectivity index (χ0) is 16.4. The molecule has 0 saturated carbocycles. The van der Waals surface area contributed by atoms with Crippen LogP contribution < -0.4 is 5.32 Å². The van der Waals surface area contributed by atoms with Crippen LogP contribution in [0.15, 0.2) is 47.1 Å². The molecule has 0 fully saturated rings. The molecule has 116 valence electrons. The second-order valence-electron chi connectivity index (χ2n) is 4.97. The summed E-state index contributed by atoms with van der Waals surface area (Å²) in [6, 6.07) is 10.1. The molecule has 0 radical (unpaired) electrons. The van der Waals surface area contributed by atoms with Gasteiger partial charge >= 0.3 is 0 Å². The lowest BCUT2D eigenvalue weighted by atomic mass is 10.1. The van der Waals surface area contributed by atoms with E-state index >= 15 is 0 Å². The third kappa shape index (κ3) is 3.14. The number of nitrogens with zero attached hydrogens (tertiary/aromatic N) is 2. The van der Waals surface area contributed by atoms with E-state index < -0.39 is 0 Å². The summed E-state index contributed by atoms with van der Waals surface area (Å²) in [5.74, 6) is -0.614. The van der Waals surface area contributed by atoms with Crippen LogP contribution in [0.4, 0.5) is 5.82 Å². The standard InChI is InChI=1S/C16H12BrN3O3/c17-10-5-6-13(18-9-10)19-14(21)7-8-20-15(22)11-3-1-2-4-12(11)16(20)23/h1-6,9H,7-8H2,(H,18,19,21). The highest BCUT2D eigenvalue weighted by Gasteiger charge is 2.34. The van der Waals surface area contributed by atoms with E-state index in [9.17, 15) is 14.4 Å². The molecule has 1 aliphatic heterocycles. The minimum Gasteiger partial charge on any atom is -0.311 e. The van der Waals surface area contributed by atoms with Gasteiger partial charge in [0.15, 0.2) is 0 Å². The van der Waals surface area contributed by atoms with E-state index in [-0.39, 0.29) is 30.7 Å². The van der Waals surface area contributed by atoms with Crippen molar-refractivity contribution in [2.75, 3.05) is 11.9 Å². The number of hydrogen-bond acceptors (Lipinski definition) is 4. The van der Waals surface area contributed by atoms with Gasteiger partial charge in [0.2, 0.25) is 5.91 Å². The van der Waals surface area contributed by atoms with Crippen molar-refractivity contribution in [2.45, 2.75) is 6.42 Å². The lowest BCUT2D eigenvalue weighted by Crippen LogP contribution is -2.32. The predicted octanol–water partition coefficient (Wildman–Crippen LogP) is 2.47. The average molecular weight is 374 g/mol. The van der Waals surface area contributed by atoms with Gasteiger partial charge in [-0.1, -0.05) is 12.1 Å². The summed E-state index contributed by atoms with van der Waals surface area (Å²) in [7, 11) is 0. The third-order valence-corrected chi connectivity index (χ3v) is 3.90. The summed E-state index contributed by atoms with van der Waals surface area (Å²) >= 11 is 3.26. The largest absolute Gasteiger partial charge is 0.311 e. The number of fused-ring (bicyclic) bond motifs is 1. The molecular weight excluding hydrogens is 362 g/mol. The number of amides is 3. The number of nitrogens with one attached hydrogen (secondary N) is 1. The van der Waals surface area contributed by atoms with Crippen LogP contribution in [0.5, 0.6) is 0 Å². The van der Waals surface area contributed by atoms with Crippen molar-refractivity contribution in [1.82, 2.24) is 9.88 Å². The number of carbonyl (C=O) groups is 3. The summed E-state index contributed by atoms with van der Waals surface area (Å²) in [6.45, 7) is 0.0364. The Morgan fingerprint density at radius 3 is 2.30 bits per heavy atom. The zero-order valence-corrected chi connectivity index (χ0v) is 13.5. The predicted molar refractivity (Wildman–Crippen MR) is 87.0 cm³/mol. The maximum atomic E-state index is 12.2. The number of pyridine rings is 1. The molecule has 6 nitrogen and oxygen atoms in total. The molecule has 1 aliphatic rings. The fraction of sp³-hybridized carbons (Fsp3) is 0.125. The van der Waals surface area contributed by atoms with Crippen LogP contribution in [-0.2, 0) is 4.79 Å². The molecule has 0 bridgehead atoms. The first-order valence-corrected chi connectivity index (χ1v) is 7.72. The molecular formula is C16H12BrN3O3. The SMILES string of the molecule is O=C(CCN1C(=O)c2ccccc2C1=O)Nc1ccc(Br)cn1. The molecule has 0 atom stereocenters. The Morgan fingerprint density at radius 1 is 1.09 bits per heavy atom. The van der Waals surface area contributed by atoms with Crippen molar-refractivity contribution in [1.29, 1.82) is 0 Å². The molecule has 2 aromatic rings. The van der Waals surface area contributed by atoms with Gasteiger partial charge in [-0.2, -0.15) is 0 Å². The Bertz CT molecular complexity index is 754. The van der Waals surface area contributed by atoms with E-state index in [2.05, 4.69) is 26.2 Å². The normalized spacial score (nSPS) is 13.2. The minimum atomic E-state index is -0.361. The number of hydrogen-bond donors (Lipinski definition) is 1. The fourth-order valence-corrected chi connectivity index (χ4v) is 2.55. The highest BCUT2D eigenvalue weighted by molar-refractivity contribution is 9.10. The van der Waals surface area contributed by atoms with Gasteiger partial charge in [0.05, 0.1) is 11.1 Å². The highest BCUT2D eigenvalue weighted by atomic mass is 79.9. The van der Waals surface area contributed by atoms with Crippen LogP contribution in [-0.4, -0.2) is 34.2 Å². The maximum absolute atomic E-state index is 12.2. The molecule has 0 saturated heterocycles. The monoisotopic (exact) mass is 373 g/mol. The van der Waals surface area contributed by atoms with Crippen LogP contribution >= 0.6 is 15.9 Å². The molecule has 23 heavy (non-hydrogen) atoms. The third-order valence-electron chi connectivity index (χ3n) is 3.44. The maximum Gasteiger partial charge on any atom is 0.261 e. The Balaban J connectivity index is 1.61. The second-order valence-corrected chi connectivity index (χ2v) is 5.88. The molecule has 0 aliphatic carbocycles. The van der Waals surface area contributed by atoms with Crippen LogP contribution in [0.25, 0.3) is 0 Å². The van der Waals surface area contributed by atoms with Crippen molar-refractivity contribution in [3.05, 3.63) is 58.2 Å². The van der Waals surface area contributed by atoms with Crippen molar-refractivity contribution >= 4 is 39.5 Å². The van der Waals surface area contributed by atoms with Gasteiger partial charge in [0, 0.05) is 23.6 Å². The van der Waals surface area contributed by atoms with Crippen LogP contribution in [0.3, 0.4) is 0 Å². The summed E-state index contributed by atoms with van der Waals surface area (Å²) in [6.07, 6.45) is 1.59. The second kappa shape index (κ2) is 6.29. The van der Waals surface area contributed by atoms with Crippen LogP contribution in [0, 0.1) is 0 Å². The van der Waals surface area contributed by atoms with Gasteiger partial charge in [-0.05, 0) is 40.2 Å². The molecule has 1 aromatic heterocycles. The molecule has 3 rings (SSSR count). The number of rotatable bonds is 4. The van der Waals surface area contributed by atoms with Gasteiger partial charge in [-0.15, -0.1) is 0 Å². The summed E-state index contributed by atoms with van der Waals surface area (Å²) in [5, 5.41) is 2.62. The average Bonchev–Trinajstić information content (AvgIpc) is 2.80. The topological polar surface area (TPSA) is 79.4 Å². The Morgan fingerprint density at radius 2 is 1.74 bits per heavy atom. The number of anilines is 1. The number of carbonyl (C=O) groups excluding carboxylic acids is 3. The molecule has 0 spiro atoms. The van der Waals surface area contributed by atoms with E-state index in [1.54, 1.807) is 42.6 Å². The number of aromatic nitrogens is 1. The lowest BCUT2D eigenvalue weighted by molar-refractivity contribution is -0.116. The van der Waals surface area contributed by atoms with Crippen molar-refractivity contribution in [2.24, 2.45) is 0 Å². The van der Waals surface area contributed by atoms with Gasteiger partial charge in [-0.3, -0.25) is 19.3 Å². The fourth-order valence-electron chi connectivity index (χ4n) is 2.31. The lowest BCUT2D eigenvalue weighted by Gasteiger charge is -2.13. The van der Waals surface area contributed by atoms with Gasteiger partial charge in [0.25, 0.3) is 11.8 Å². The van der Waals surface area contributed by atoms with Gasteiger partial charge in [0.1, 0.15) is 5.82 Å². The van der Waals surface area contributed by atoms with Crippen LogP contribution in [0.1, 0.15) is 27.1 Å². The number of benzene rings is 1. The Kier molecular flexibility index (Phi) is 4.20. The number of imide groups is 1. The molecule has 0 unspecified atom stereocenters. The van der Waals surface area contributed by atoms with E-state index in [4.69, 9.17) is 0 Å². The van der Waals surface area contributed by atoms with Gasteiger partial charge < -0.3 is 5.32 Å². The van der Waals surface area contributed by atoms with Crippen molar-refractivity contribution < 1.29 is 14.4 Å². The first kappa shape index (κ1) is 15.4. The molecule has 2 heterocycles. The smallest absolute Gasteiger partial charge is 0.261 e. The molecule has 7 heteroatoms. The highest BCUT2D eigenvalue weighted by Crippen LogP contribution is 2.22. The van der Waals surface area contributed by atoms with E-state index in [1.807, 2.05) is 0 Å². The number of halogens is 1. The minimum absolute atomic E-state index is 0.0171. The van der Waals surface area contributed by atoms with E-state index in [0.717, 1.165) is 9.37 Å². The Labute approximate surface area is 140 Å². The van der Waals surface area contributed by atoms with E-state index in [1.165, 1.54) is 0 Å². The Hall–Kier alpha value is -2.54. The summed E-state index contributed by atoms with van der Waals surface area (Å²) in [4.78, 5) is 41.4. The first-order chi connectivity index (χ1) is 11.1. The van der Waals surface area contributed by atoms with Crippen molar-refractivity contribution in [3.63, 3.8) is 0 Å². The van der Waals surface area contributed by atoms with Gasteiger partial charge in [-0.25, -0.2) is 4.98 Å². The molecule has 3 amide bonds. The van der Waals surface area contributed by atoms with Crippen LogP contribution in [0.2, 0.25) is 0 Å². The molecule has 1 aromatic carbocycles. The summed E-state index contributed by atoms with van der Waals surface area (Å²) < 4.78 is 0.807. The van der Waals surface area contributed by atoms with E-state index in [0.29, 0.717) is 16.9 Å².